The molecule has 7 heteroatoms. The Morgan fingerprint density at radius 1 is 1.67 bits per heavy atom. The van der Waals surface area contributed by atoms with Crippen LogP contribution in [-0.2, 0) is 0 Å². The number of nitrogens with two attached hydrogens (primary N) is 1. The Morgan fingerprint density at radius 3 is 3.07 bits per heavy atom. The lowest BCUT2D eigenvalue weighted by molar-refractivity contribution is 0.926. The molecule has 0 aromatic carbocycles. The summed E-state index contributed by atoms with van der Waals surface area (Å²) >= 11 is 6.72. The Bertz CT molecular complexity index is 414. The normalized spacial score (nSPS) is 12.9. The molecule has 2 aromatic heterocycles. The van der Waals surface area contributed by atoms with Gasteiger partial charge in [-0.05, 0) is 22.0 Å². The van der Waals surface area contributed by atoms with Gasteiger partial charge in [0.1, 0.15) is 6.33 Å². The number of rotatable bonds is 4. The fraction of sp³-hybridized carbons (Fsp3) is 0.250. The third kappa shape index (κ3) is 2.81. The van der Waals surface area contributed by atoms with Gasteiger partial charge in [-0.1, -0.05) is 11.8 Å². The summed E-state index contributed by atoms with van der Waals surface area (Å²) in [4.78, 5) is 5.31. The molecule has 2 heterocycles. The zero-order valence-electron chi connectivity index (χ0n) is 7.68. The van der Waals surface area contributed by atoms with Crippen LogP contribution in [0.15, 0.2) is 27.4 Å². The number of aromatic nitrogens is 3. The highest BCUT2D eigenvalue weighted by molar-refractivity contribution is 9.10. The van der Waals surface area contributed by atoms with Crippen molar-refractivity contribution in [1.82, 2.24) is 15.2 Å². The largest absolute Gasteiger partial charge is 0.329 e. The van der Waals surface area contributed by atoms with Gasteiger partial charge in [-0.15, -0.1) is 11.3 Å². The molecule has 1 unspecified atom stereocenters. The van der Waals surface area contributed by atoms with Crippen molar-refractivity contribution in [2.75, 3.05) is 6.54 Å². The number of hydrogen-bond acceptors (Lipinski definition) is 5. The van der Waals surface area contributed by atoms with Gasteiger partial charge in [-0.2, -0.15) is 5.10 Å². The molecule has 15 heavy (non-hydrogen) atoms. The van der Waals surface area contributed by atoms with E-state index in [-0.39, 0.29) is 5.25 Å². The second-order valence-corrected chi connectivity index (χ2v) is 5.85. The van der Waals surface area contributed by atoms with Crippen LogP contribution < -0.4 is 5.73 Å². The van der Waals surface area contributed by atoms with Gasteiger partial charge in [0.25, 0.3) is 0 Å². The van der Waals surface area contributed by atoms with Crippen molar-refractivity contribution < 1.29 is 0 Å². The summed E-state index contributed by atoms with van der Waals surface area (Å²) in [6.07, 6.45) is 1.50. The fourth-order valence-electron chi connectivity index (χ4n) is 1.11. The zero-order valence-corrected chi connectivity index (χ0v) is 10.9. The predicted octanol–water partition coefficient (Wildman–Crippen LogP) is 2.42. The minimum Gasteiger partial charge on any atom is -0.329 e. The standard InChI is InChI=1S/C8H9BrN4S2/c9-5-1-6(14-3-5)7(2-10)15-8-11-4-12-13-8/h1,3-4,7H,2,10H2,(H,11,12,13). The van der Waals surface area contributed by atoms with Gasteiger partial charge in [-0.25, -0.2) is 4.98 Å². The van der Waals surface area contributed by atoms with E-state index in [0.29, 0.717) is 6.54 Å². The smallest absolute Gasteiger partial charge is 0.184 e. The second kappa shape index (κ2) is 5.11. The third-order valence-corrected chi connectivity index (χ3v) is 4.87. The van der Waals surface area contributed by atoms with E-state index in [0.717, 1.165) is 9.63 Å². The van der Waals surface area contributed by atoms with E-state index in [9.17, 15) is 0 Å². The van der Waals surface area contributed by atoms with Crippen molar-refractivity contribution in [3.63, 3.8) is 0 Å². The Labute approximate surface area is 104 Å². The highest BCUT2D eigenvalue weighted by atomic mass is 79.9. The van der Waals surface area contributed by atoms with Crippen LogP contribution >= 0.6 is 39.0 Å². The maximum atomic E-state index is 5.74. The van der Waals surface area contributed by atoms with Gasteiger partial charge < -0.3 is 5.73 Å². The Kier molecular flexibility index (Phi) is 3.79. The number of nitrogens with one attached hydrogen (secondary N) is 1. The van der Waals surface area contributed by atoms with Crippen LogP contribution in [0.4, 0.5) is 0 Å². The molecule has 3 N–H and O–H groups in total. The van der Waals surface area contributed by atoms with E-state index in [1.807, 2.05) is 0 Å². The molecule has 0 saturated heterocycles. The van der Waals surface area contributed by atoms with Crippen molar-refractivity contribution in [3.05, 3.63) is 27.1 Å². The Morgan fingerprint density at radius 2 is 2.53 bits per heavy atom. The lowest BCUT2D eigenvalue weighted by Gasteiger charge is -2.09. The van der Waals surface area contributed by atoms with E-state index >= 15 is 0 Å². The number of halogens is 1. The quantitative estimate of drug-likeness (QED) is 0.851. The molecular weight excluding hydrogens is 296 g/mol. The first-order valence-electron chi connectivity index (χ1n) is 4.25. The zero-order chi connectivity index (χ0) is 10.7. The number of hydrogen-bond donors (Lipinski definition) is 2. The summed E-state index contributed by atoms with van der Waals surface area (Å²) in [6.45, 7) is 0.582. The van der Waals surface area contributed by atoms with Crippen LogP contribution in [0.2, 0.25) is 0 Å². The van der Waals surface area contributed by atoms with Crippen LogP contribution in [0.5, 0.6) is 0 Å². The highest BCUT2D eigenvalue weighted by Gasteiger charge is 2.14. The monoisotopic (exact) mass is 304 g/mol. The van der Waals surface area contributed by atoms with E-state index in [2.05, 4.69) is 42.6 Å². The van der Waals surface area contributed by atoms with Crippen LogP contribution in [0.25, 0.3) is 0 Å². The van der Waals surface area contributed by atoms with E-state index in [4.69, 9.17) is 5.73 Å². The number of aromatic amines is 1. The Balaban J connectivity index is 2.11. The van der Waals surface area contributed by atoms with Crippen molar-refractivity contribution >= 4 is 39.0 Å². The maximum absolute atomic E-state index is 5.74. The molecule has 2 aromatic rings. The SMILES string of the molecule is NCC(Sc1ncn[nH]1)c1cc(Br)cs1. The summed E-state index contributed by atoms with van der Waals surface area (Å²) in [7, 11) is 0. The lowest BCUT2D eigenvalue weighted by atomic mass is 10.3. The van der Waals surface area contributed by atoms with Crippen LogP contribution in [0.3, 0.4) is 0 Å². The lowest BCUT2D eigenvalue weighted by Crippen LogP contribution is -2.08. The molecule has 2 rings (SSSR count). The summed E-state index contributed by atoms with van der Waals surface area (Å²) < 4.78 is 1.10. The molecule has 0 saturated carbocycles. The van der Waals surface area contributed by atoms with Gasteiger partial charge in [0.15, 0.2) is 5.16 Å². The average Bonchev–Trinajstić information content (AvgIpc) is 2.85. The van der Waals surface area contributed by atoms with Gasteiger partial charge in [0, 0.05) is 21.3 Å². The summed E-state index contributed by atoms with van der Waals surface area (Å²) in [5.41, 5.74) is 5.74. The number of thioether (sulfide) groups is 1. The third-order valence-electron chi connectivity index (χ3n) is 1.77. The summed E-state index contributed by atoms with van der Waals surface area (Å²) in [5, 5.41) is 9.71. The van der Waals surface area contributed by atoms with Gasteiger partial charge in [-0.3, -0.25) is 5.10 Å². The minimum absolute atomic E-state index is 0.231. The maximum Gasteiger partial charge on any atom is 0.184 e. The number of thiophene rings is 1. The molecule has 0 amide bonds. The highest BCUT2D eigenvalue weighted by Crippen LogP contribution is 2.36. The Hall–Kier alpha value is -0.370. The molecule has 80 valence electrons. The molecule has 0 radical (unpaired) electrons. The van der Waals surface area contributed by atoms with Gasteiger partial charge in [0.2, 0.25) is 0 Å². The van der Waals surface area contributed by atoms with Crippen LogP contribution in [-0.4, -0.2) is 21.7 Å². The first kappa shape index (κ1) is 11.1. The van der Waals surface area contributed by atoms with Crippen molar-refractivity contribution in [2.45, 2.75) is 10.4 Å². The van der Waals surface area contributed by atoms with E-state index in [1.165, 1.54) is 11.2 Å². The molecule has 0 aliphatic rings. The van der Waals surface area contributed by atoms with E-state index in [1.54, 1.807) is 23.1 Å². The molecule has 0 aliphatic heterocycles. The van der Waals surface area contributed by atoms with Gasteiger partial charge in [0.05, 0.1) is 5.25 Å². The van der Waals surface area contributed by atoms with Crippen LogP contribution in [0, 0.1) is 0 Å². The van der Waals surface area contributed by atoms with Crippen LogP contribution in [0.1, 0.15) is 10.1 Å². The van der Waals surface area contributed by atoms with Crippen molar-refractivity contribution in [3.8, 4) is 0 Å². The minimum atomic E-state index is 0.231. The molecule has 1 atom stereocenters. The summed E-state index contributed by atoms with van der Waals surface area (Å²) in [6, 6.07) is 2.09. The first-order chi connectivity index (χ1) is 7.29. The fourth-order valence-corrected chi connectivity index (χ4v) is 3.62. The molecule has 0 fully saturated rings. The predicted molar refractivity (Wildman–Crippen MR) is 66.1 cm³/mol. The molecule has 0 bridgehead atoms. The molecule has 0 spiro atoms. The molecule has 4 nitrogen and oxygen atoms in total. The number of nitrogens with zero attached hydrogens (tertiary/aromatic N) is 2. The topological polar surface area (TPSA) is 67.6 Å². The van der Waals surface area contributed by atoms with Crippen molar-refractivity contribution in [1.29, 1.82) is 0 Å². The average molecular weight is 305 g/mol. The van der Waals surface area contributed by atoms with Crippen molar-refractivity contribution in [2.24, 2.45) is 5.73 Å². The summed E-state index contributed by atoms with van der Waals surface area (Å²) in [5.74, 6) is 0. The number of H-pyrrole nitrogens is 1. The first-order valence-corrected chi connectivity index (χ1v) is 6.81. The van der Waals surface area contributed by atoms with E-state index < -0.39 is 0 Å². The van der Waals surface area contributed by atoms with Gasteiger partial charge >= 0.3 is 0 Å². The molecule has 0 aliphatic carbocycles. The molecular formula is C8H9BrN4S2. The second-order valence-electron chi connectivity index (χ2n) is 2.80.